The van der Waals surface area contributed by atoms with Crippen LogP contribution in [0.1, 0.15) is 32.2 Å². The van der Waals surface area contributed by atoms with Crippen molar-refractivity contribution in [3.8, 4) is 11.5 Å². The van der Waals surface area contributed by atoms with Gasteiger partial charge in [0.05, 0.1) is 0 Å². The summed E-state index contributed by atoms with van der Waals surface area (Å²) < 4.78 is 5.32. The largest absolute Gasteiger partial charge is 0.399 e. The average Bonchev–Trinajstić information content (AvgIpc) is 2.63. The number of nitrogen functional groups attached to an aromatic ring is 1. The number of anilines is 1. The highest BCUT2D eigenvalue weighted by Gasteiger charge is 2.17. The Morgan fingerprint density at radius 1 is 1.28 bits per heavy atom. The third-order valence-electron chi connectivity index (χ3n) is 2.64. The molecule has 0 spiro atoms. The van der Waals surface area contributed by atoms with E-state index in [9.17, 15) is 0 Å². The van der Waals surface area contributed by atoms with E-state index in [4.69, 9.17) is 10.3 Å². The minimum Gasteiger partial charge on any atom is -0.399 e. The van der Waals surface area contributed by atoms with E-state index in [0.29, 0.717) is 5.89 Å². The van der Waals surface area contributed by atoms with Crippen molar-refractivity contribution in [2.24, 2.45) is 5.41 Å². The fourth-order valence-corrected chi connectivity index (χ4v) is 1.84. The maximum Gasteiger partial charge on any atom is 0.258 e. The number of nitrogens with two attached hydrogens (primary N) is 1. The summed E-state index contributed by atoms with van der Waals surface area (Å²) in [5.41, 5.74) is 8.60. The second-order valence-corrected chi connectivity index (χ2v) is 5.83. The van der Waals surface area contributed by atoms with Gasteiger partial charge in [0.1, 0.15) is 0 Å². The summed E-state index contributed by atoms with van der Waals surface area (Å²) in [4.78, 5) is 4.44. The SMILES string of the molecule is Cc1cc(N)ccc1-c1nc(CC(C)(C)C)no1. The van der Waals surface area contributed by atoms with Crippen molar-refractivity contribution in [2.45, 2.75) is 34.1 Å². The van der Waals surface area contributed by atoms with Crippen molar-refractivity contribution in [3.05, 3.63) is 29.6 Å². The van der Waals surface area contributed by atoms with Gasteiger partial charge in [-0.05, 0) is 36.1 Å². The van der Waals surface area contributed by atoms with Gasteiger partial charge >= 0.3 is 0 Å². The minimum atomic E-state index is 0.150. The summed E-state index contributed by atoms with van der Waals surface area (Å²) in [6.45, 7) is 8.44. The van der Waals surface area contributed by atoms with Gasteiger partial charge in [-0.1, -0.05) is 25.9 Å². The van der Waals surface area contributed by atoms with Gasteiger partial charge in [0.15, 0.2) is 5.82 Å². The topological polar surface area (TPSA) is 64.9 Å². The van der Waals surface area contributed by atoms with Crippen molar-refractivity contribution in [1.29, 1.82) is 0 Å². The summed E-state index contributed by atoms with van der Waals surface area (Å²) >= 11 is 0. The van der Waals surface area contributed by atoms with Crippen LogP contribution in [0.2, 0.25) is 0 Å². The standard InChI is InChI=1S/C14H19N3O/c1-9-7-10(15)5-6-11(9)13-16-12(17-18-13)8-14(2,3)4/h5-7H,8,15H2,1-4H3. The van der Waals surface area contributed by atoms with Gasteiger partial charge in [-0.25, -0.2) is 0 Å². The molecule has 0 bridgehead atoms. The van der Waals surface area contributed by atoms with Crippen LogP contribution in [0.5, 0.6) is 0 Å². The van der Waals surface area contributed by atoms with E-state index < -0.39 is 0 Å². The van der Waals surface area contributed by atoms with Gasteiger partial charge in [-0.2, -0.15) is 4.98 Å². The van der Waals surface area contributed by atoms with E-state index in [0.717, 1.165) is 29.1 Å². The molecule has 0 amide bonds. The van der Waals surface area contributed by atoms with Crippen LogP contribution < -0.4 is 5.73 Å². The molecule has 1 aromatic heterocycles. The summed E-state index contributed by atoms with van der Waals surface area (Å²) in [6, 6.07) is 5.66. The fraction of sp³-hybridized carbons (Fsp3) is 0.429. The van der Waals surface area contributed by atoms with Crippen LogP contribution in [0.25, 0.3) is 11.5 Å². The third-order valence-corrected chi connectivity index (χ3v) is 2.64. The molecule has 2 N–H and O–H groups in total. The molecule has 0 aliphatic heterocycles. The highest BCUT2D eigenvalue weighted by molar-refractivity contribution is 5.62. The average molecular weight is 245 g/mol. The molecule has 2 rings (SSSR count). The van der Waals surface area contributed by atoms with Crippen LogP contribution in [0.15, 0.2) is 22.7 Å². The van der Waals surface area contributed by atoms with Crippen LogP contribution in [-0.2, 0) is 6.42 Å². The van der Waals surface area contributed by atoms with Crippen molar-refractivity contribution < 1.29 is 4.52 Å². The molecule has 0 saturated heterocycles. The van der Waals surface area contributed by atoms with Gasteiger partial charge in [0.2, 0.25) is 0 Å². The Kier molecular flexibility index (Phi) is 3.11. The first-order valence-electron chi connectivity index (χ1n) is 6.04. The third kappa shape index (κ3) is 2.88. The molecular weight excluding hydrogens is 226 g/mol. The normalized spacial score (nSPS) is 11.8. The van der Waals surface area contributed by atoms with Gasteiger partial charge in [0, 0.05) is 17.7 Å². The Hall–Kier alpha value is -1.84. The molecule has 0 saturated carbocycles. The summed E-state index contributed by atoms with van der Waals surface area (Å²) in [6.07, 6.45) is 0.796. The van der Waals surface area contributed by atoms with Gasteiger partial charge < -0.3 is 10.3 Å². The molecule has 1 aromatic carbocycles. The molecule has 0 fully saturated rings. The van der Waals surface area contributed by atoms with Crippen molar-refractivity contribution >= 4 is 5.69 Å². The predicted molar refractivity (Wildman–Crippen MR) is 72.0 cm³/mol. The monoisotopic (exact) mass is 245 g/mol. The number of hydrogen-bond acceptors (Lipinski definition) is 4. The molecule has 96 valence electrons. The minimum absolute atomic E-state index is 0.150. The number of rotatable bonds is 2. The zero-order chi connectivity index (χ0) is 13.3. The first-order valence-corrected chi connectivity index (χ1v) is 6.04. The first kappa shape index (κ1) is 12.6. The molecule has 4 nitrogen and oxygen atoms in total. The second-order valence-electron chi connectivity index (χ2n) is 5.83. The lowest BCUT2D eigenvalue weighted by Crippen LogP contribution is -2.10. The fourth-order valence-electron chi connectivity index (χ4n) is 1.84. The van der Waals surface area contributed by atoms with E-state index in [1.165, 1.54) is 0 Å². The number of nitrogens with zero attached hydrogens (tertiary/aromatic N) is 2. The Balaban J connectivity index is 2.29. The van der Waals surface area contributed by atoms with E-state index >= 15 is 0 Å². The molecule has 0 radical (unpaired) electrons. The van der Waals surface area contributed by atoms with Gasteiger partial charge in [-0.15, -0.1) is 0 Å². The lowest BCUT2D eigenvalue weighted by molar-refractivity contribution is 0.374. The molecule has 0 aliphatic rings. The molecule has 1 heterocycles. The Bertz CT molecular complexity index is 552. The number of hydrogen-bond donors (Lipinski definition) is 1. The van der Waals surface area contributed by atoms with Crippen LogP contribution in [0.4, 0.5) is 5.69 Å². The van der Waals surface area contributed by atoms with Crippen LogP contribution in [-0.4, -0.2) is 10.1 Å². The summed E-state index contributed by atoms with van der Waals surface area (Å²) in [7, 11) is 0. The molecule has 0 aliphatic carbocycles. The number of aryl methyl sites for hydroxylation is 1. The van der Waals surface area contributed by atoms with E-state index in [2.05, 4.69) is 30.9 Å². The predicted octanol–water partition coefficient (Wildman–Crippen LogP) is 3.22. The van der Waals surface area contributed by atoms with E-state index in [1.807, 2.05) is 25.1 Å². The highest BCUT2D eigenvalue weighted by Crippen LogP contribution is 2.25. The first-order chi connectivity index (χ1) is 8.35. The Morgan fingerprint density at radius 3 is 2.61 bits per heavy atom. The van der Waals surface area contributed by atoms with Crippen LogP contribution >= 0.6 is 0 Å². The van der Waals surface area contributed by atoms with Crippen molar-refractivity contribution in [1.82, 2.24) is 10.1 Å². The van der Waals surface area contributed by atoms with Crippen LogP contribution in [0.3, 0.4) is 0 Å². The molecule has 2 aromatic rings. The maximum absolute atomic E-state index is 5.73. The van der Waals surface area contributed by atoms with E-state index in [1.54, 1.807) is 0 Å². The maximum atomic E-state index is 5.73. The van der Waals surface area contributed by atoms with Crippen molar-refractivity contribution in [3.63, 3.8) is 0 Å². The van der Waals surface area contributed by atoms with Crippen molar-refractivity contribution in [2.75, 3.05) is 5.73 Å². The highest BCUT2D eigenvalue weighted by atomic mass is 16.5. The number of benzene rings is 1. The molecule has 4 heteroatoms. The van der Waals surface area contributed by atoms with E-state index in [-0.39, 0.29) is 5.41 Å². The zero-order valence-electron chi connectivity index (χ0n) is 11.3. The number of aromatic nitrogens is 2. The Labute approximate surface area is 107 Å². The van der Waals surface area contributed by atoms with Gasteiger partial charge in [0.25, 0.3) is 5.89 Å². The van der Waals surface area contributed by atoms with Gasteiger partial charge in [-0.3, -0.25) is 0 Å². The summed E-state index contributed by atoms with van der Waals surface area (Å²) in [5.74, 6) is 1.31. The Morgan fingerprint density at radius 2 is 2.00 bits per heavy atom. The smallest absolute Gasteiger partial charge is 0.258 e. The zero-order valence-corrected chi connectivity index (χ0v) is 11.3. The lowest BCUT2D eigenvalue weighted by Gasteiger charge is -2.14. The molecule has 0 unspecified atom stereocenters. The van der Waals surface area contributed by atoms with Crippen LogP contribution in [0, 0.1) is 12.3 Å². The summed E-state index contributed by atoms with van der Waals surface area (Å²) in [5, 5.41) is 4.02. The second kappa shape index (κ2) is 4.44. The quantitative estimate of drug-likeness (QED) is 0.825. The lowest BCUT2D eigenvalue weighted by atomic mass is 9.92. The molecular formula is C14H19N3O. The molecule has 18 heavy (non-hydrogen) atoms. The molecule has 0 atom stereocenters.